The number of hydrogen-bond acceptors (Lipinski definition) is 0. The Hall–Kier alpha value is -1.58. The largest absolute Gasteiger partial charge is 0.243 e. The van der Waals surface area contributed by atoms with Gasteiger partial charge < -0.3 is 0 Å². The van der Waals surface area contributed by atoms with Crippen LogP contribution in [0.25, 0.3) is 0 Å². The number of aromatic nitrogens is 4. The van der Waals surface area contributed by atoms with E-state index in [1.165, 1.54) is 193 Å². The summed E-state index contributed by atoms with van der Waals surface area (Å²) in [5.74, 6) is 0. The van der Waals surface area contributed by atoms with E-state index in [-0.39, 0.29) is 0 Å². The molecule has 0 radical (unpaired) electrons. The van der Waals surface area contributed by atoms with Gasteiger partial charge in [-0.2, -0.15) is 0 Å². The summed E-state index contributed by atoms with van der Waals surface area (Å²) in [7, 11) is 0. The highest BCUT2D eigenvalue weighted by Crippen LogP contribution is 2.13. The van der Waals surface area contributed by atoms with E-state index < -0.39 is 0 Å². The van der Waals surface area contributed by atoms with E-state index in [1.54, 1.807) is 0 Å². The normalized spacial score (nSPS) is 11.6. The van der Waals surface area contributed by atoms with Gasteiger partial charge in [0, 0.05) is 0 Å². The first-order chi connectivity index (χ1) is 20.8. The van der Waals surface area contributed by atoms with Gasteiger partial charge in [-0.1, -0.05) is 129 Å². The first kappa shape index (κ1) is 36.6. The summed E-state index contributed by atoms with van der Waals surface area (Å²) in [4.78, 5) is 0. The maximum Gasteiger partial charge on any atom is 0.243 e. The van der Waals surface area contributed by atoms with Crippen LogP contribution in [0.15, 0.2) is 37.4 Å². The average molecular weight is 585 g/mol. The van der Waals surface area contributed by atoms with Gasteiger partial charge in [-0.15, -0.1) is 0 Å². The lowest BCUT2D eigenvalue weighted by Gasteiger charge is -2.03. The zero-order chi connectivity index (χ0) is 29.8. The van der Waals surface area contributed by atoms with Crippen molar-refractivity contribution in [3.8, 4) is 0 Å². The van der Waals surface area contributed by atoms with Gasteiger partial charge in [-0.25, -0.2) is 18.3 Å². The van der Waals surface area contributed by atoms with Crippen molar-refractivity contribution < 1.29 is 9.13 Å². The number of hydrogen-bond donors (Lipinski definition) is 0. The lowest BCUT2D eigenvalue weighted by Crippen LogP contribution is -2.30. The molecule has 2 heterocycles. The molecular formula is C38H72N4+2. The van der Waals surface area contributed by atoms with Gasteiger partial charge >= 0.3 is 0 Å². The molecule has 0 unspecified atom stereocenters. The Kier molecular flexibility index (Phi) is 23.5. The summed E-state index contributed by atoms with van der Waals surface area (Å²) in [5, 5.41) is 0. The molecule has 0 amide bonds. The molecular weight excluding hydrogens is 512 g/mol. The minimum Gasteiger partial charge on any atom is -0.237 e. The van der Waals surface area contributed by atoms with Crippen LogP contribution < -0.4 is 9.13 Å². The summed E-state index contributed by atoms with van der Waals surface area (Å²) in [5.41, 5.74) is 0. The molecule has 2 rings (SSSR count). The van der Waals surface area contributed by atoms with Crippen LogP contribution in [-0.2, 0) is 26.2 Å². The molecule has 42 heavy (non-hydrogen) atoms. The highest BCUT2D eigenvalue weighted by molar-refractivity contribution is 4.67. The molecule has 0 aliphatic rings. The fraction of sp³-hybridized carbons (Fsp3) is 0.842. The van der Waals surface area contributed by atoms with Crippen molar-refractivity contribution >= 4 is 0 Å². The second kappa shape index (κ2) is 27.0. The van der Waals surface area contributed by atoms with Crippen LogP contribution in [0.2, 0.25) is 0 Å². The Morgan fingerprint density at radius 3 is 0.976 bits per heavy atom. The zero-order valence-corrected chi connectivity index (χ0v) is 28.5. The van der Waals surface area contributed by atoms with Crippen LogP contribution in [0.3, 0.4) is 0 Å². The van der Waals surface area contributed by atoms with E-state index in [4.69, 9.17) is 0 Å². The SMILES string of the molecule is CCCCCCCCn1cc[n+](CCCCCCCCCCCCCCCC[n+]2ccn(CCCCCCCC)c2)c1. The topological polar surface area (TPSA) is 17.6 Å². The molecule has 0 aliphatic heterocycles. The monoisotopic (exact) mass is 585 g/mol. The van der Waals surface area contributed by atoms with Crippen LogP contribution in [0.4, 0.5) is 0 Å². The van der Waals surface area contributed by atoms with Crippen LogP contribution in [-0.4, -0.2) is 9.13 Å². The van der Waals surface area contributed by atoms with E-state index in [2.05, 4.69) is 69.6 Å². The molecule has 0 N–H and O–H groups in total. The van der Waals surface area contributed by atoms with Crippen LogP contribution in [0.1, 0.15) is 181 Å². The first-order valence-electron chi connectivity index (χ1n) is 18.9. The van der Waals surface area contributed by atoms with Gasteiger partial charge in [0.25, 0.3) is 0 Å². The van der Waals surface area contributed by atoms with Gasteiger partial charge in [0.2, 0.25) is 12.7 Å². The highest BCUT2D eigenvalue weighted by atomic mass is 15.1. The standard InChI is InChI=1S/C38H72N4/c1-3-5-7-9-21-25-29-39-33-35-41(37-39)31-27-23-19-17-15-13-11-12-14-16-18-20-24-28-32-42-36-34-40(38-42)30-26-22-10-8-6-4-2/h33-38H,3-32H2,1-2H3/q+2. The minimum absolute atomic E-state index is 1.19. The molecule has 0 atom stereocenters. The Morgan fingerprint density at radius 2 is 0.643 bits per heavy atom. The Bertz CT molecular complexity index is 754. The van der Waals surface area contributed by atoms with Crippen molar-refractivity contribution in [1.29, 1.82) is 0 Å². The van der Waals surface area contributed by atoms with Crippen molar-refractivity contribution in [1.82, 2.24) is 9.13 Å². The van der Waals surface area contributed by atoms with Gasteiger partial charge in [-0.05, 0) is 51.4 Å². The van der Waals surface area contributed by atoms with Crippen molar-refractivity contribution in [2.45, 2.75) is 207 Å². The molecule has 0 fully saturated rings. The molecule has 0 saturated carbocycles. The molecule has 2 aromatic rings. The summed E-state index contributed by atoms with van der Waals surface area (Å²) < 4.78 is 9.56. The van der Waals surface area contributed by atoms with Crippen LogP contribution in [0.5, 0.6) is 0 Å². The molecule has 242 valence electrons. The summed E-state index contributed by atoms with van der Waals surface area (Å²) in [6.07, 6.45) is 50.1. The molecule has 4 heteroatoms. The van der Waals surface area contributed by atoms with Crippen molar-refractivity contribution in [2.24, 2.45) is 0 Å². The third-order valence-electron chi connectivity index (χ3n) is 9.11. The molecule has 0 bridgehead atoms. The smallest absolute Gasteiger partial charge is 0.237 e. The minimum atomic E-state index is 1.19. The maximum absolute atomic E-state index is 2.39. The predicted molar refractivity (Wildman–Crippen MR) is 181 cm³/mol. The van der Waals surface area contributed by atoms with Gasteiger partial charge in [-0.3, -0.25) is 0 Å². The molecule has 0 spiro atoms. The highest BCUT2D eigenvalue weighted by Gasteiger charge is 2.05. The Morgan fingerprint density at radius 1 is 0.357 bits per heavy atom. The third-order valence-corrected chi connectivity index (χ3v) is 9.11. The summed E-state index contributed by atoms with van der Waals surface area (Å²) >= 11 is 0. The van der Waals surface area contributed by atoms with Crippen LogP contribution in [0, 0.1) is 0 Å². The fourth-order valence-corrected chi connectivity index (χ4v) is 6.27. The molecule has 4 nitrogen and oxygen atoms in total. The Balaban J connectivity index is 1.28. The van der Waals surface area contributed by atoms with E-state index >= 15 is 0 Å². The number of imidazole rings is 2. The zero-order valence-electron chi connectivity index (χ0n) is 28.5. The second-order valence-corrected chi connectivity index (χ2v) is 13.3. The number of nitrogens with zero attached hydrogens (tertiary/aromatic N) is 4. The van der Waals surface area contributed by atoms with E-state index in [0.29, 0.717) is 0 Å². The van der Waals surface area contributed by atoms with Crippen LogP contribution >= 0.6 is 0 Å². The summed E-state index contributed by atoms with van der Waals surface area (Å²) in [6, 6.07) is 0. The second-order valence-electron chi connectivity index (χ2n) is 13.3. The number of aryl methyl sites for hydroxylation is 4. The van der Waals surface area contributed by atoms with Crippen molar-refractivity contribution in [3.63, 3.8) is 0 Å². The first-order valence-corrected chi connectivity index (χ1v) is 18.9. The van der Waals surface area contributed by atoms with Crippen molar-refractivity contribution in [2.75, 3.05) is 0 Å². The number of unbranched alkanes of at least 4 members (excludes halogenated alkanes) is 23. The van der Waals surface area contributed by atoms with E-state index in [9.17, 15) is 0 Å². The Labute approximate surface area is 262 Å². The number of rotatable bonds is 31. The average Bonchev–Trinajstić information content (AvgIpc) is 3.66. The lowest BCUT2D eigenvalue weighted by atomic mass is 10.0. The van der Waals surface area contributed by atoms with Gasteiger partial charge in [0.1, 0.15) is 24.8 Å². The maximum atomic E-state index is 2.39. The van der Waals surface area contributed by atoms with Gasteiger partial charge in [0.05, 0.1) is 26.2 Å². The predicted octanol–water partition coefficient (Wildman–Crippen LogP) is 10.7. The summed E-state index contributed by atoms with van der Waals surface area (Å²) in [6.45, 7) is 9.34. The third kappa shape index (κ3) is 20.3. The van der Waals surface area contributed by atoms with E-state index in [0.717, 1.165) is 0 Å². The molecule has 0 aromatic carbocycles. The van der Waals surface area contributed by atoms with Gasteiger partial charge in [0.15, 0.2) is 0 Å². The lowest BCUT2D eigenvalue weighted by molar-refractivity contribution is -0.697. The fourth-order valence-electron chi connectivity index (χ4n) is 6.27. The molecule has 0 aliphatic carbocycles. The quantitative estimate of drug-likeness (QED) is 0.0619. The molecule has 2 aromatic heterocycles. The van der Waals surface area contributed by atoms with Crippen molar-refractivity contribution in [3.05, 3.63) is 37.4 Å². The molecule has 0 saturated heterocycles. The van der Waals surface area contributed by atoms with E-state index in [1.807, 2.05) is 0 Å².